The number of nitrogens with one attached hydrogen (secondary N) is 2. The normalized spacial score (nSPS) is 23.9. The number of anilines is 1. The number of fused-ring (bicyclic) bond motifs is 4. The van der Waals surface area contributed by atoms with Gasteiger partial charge in [0, 0.05) is 12.1 Å². The second-order valence-electron chi connectivity index (χ2n) is 8.88. The van der Waals surface area contributed by atoms with E-state index >= 15 is 0 Å². The molecule has 34 heavy (non-hydrogen) atoms. The summed E-state index contributed by atoms with van der Waals surface area (Å²) < 4.78 is 33.0. The summed E-state index contributed by atoms with van der Waals surface area (Å²) in [6.45, 7) is 0. The second-order valence-corrected chi connectivity index (χ2v) is 8.88. The molecule has 3 saturated carbocycles. The first-order valence-electron chi connectivity index (χ1n) is 11.1. The number of hydrogen-bond donors (Lipinski definition) is 3. The number of aromatic amines is 1. The molecule has 7 rings (SSSR count). The molecule has 9 nitrogen and oxygen atoms in total. The van der Waals surface area contributed by atoms with E-state index in [9.17, 15) is 18.7 Å². The molecule has 0 aliphatic heterocycles. The summed E-state index contributed by atoms with van der Waals surface area (Å²) in [4.78, 5) is 24.7. The molecular formula is C23H20F2N6O3. The van der Waals surface area contributed by atoms with Crippen molar-refractivity contribution in [1.82, 2.24) is 25.1 Å². The predicted molar refractivity (Wildman–Crippen MR) is 117 cm³/mol. The maximum absolute atomic E-state index is 13.9. The van der Waals surface area contributed by atoms with Gasteiger partial charge in [0.1, 0.15) is 17.2 Å². The summed E-state index contributed by atoms with van der Waals surface area (Å²) in [6.07, 6.45) is 5.28. The molecule has 0 unspecified atom stereocenters. The molecule has 0 spiro atoms. The number of carboxylic acid groups (broad SMARTS) is 1. The average molecular weight is 466 g/mol. The van der Waals surface area contributed by atoms with Crippen molar-refractivity contribution >= 4 is 22.8 Å². The fourth-order valence-electron chi connectivity index (χ4n) is 5.43. The van der Waals surface area contributed by atoms with Crippen LogP contribution in [-0.2, 0) is 4.79 Å². The summed E-state index contributed by atoms with van der Waals surface area (Å²) >= 11 is 0. The summed E-state index contributed by atoms with van der Waals surface area (Å²) in [6, 6.07) is 5.86. The number of pyridine rings is 1. The van der Waals surface area contributed by atoms with Gasteiger partial charge in [-0.05, 0) is 55.7 Å². The van der Waals surface area contributed by atoms with Gasteiger partial charge < -0.3 is 14.8 Å². The lowest BCUT2D eigenvalue weighted by Gasteiger charge is -2.47. The lowest BCUT2D eigenvalue weighted by Crippen LogP contribution is -2.51. The van der Waals surface area contributed by atoms with Crippen LogP contribution in [0.15, 0.2) is 34.9 Å². The number of aliphatic carboxylic acids is 1. The van der Waals surface area contributed by atoms with E-state index in [-0.39, 0.29) is 40.4 Å². The van der Waals surface area contributed by atoms with Crippen LogP contribution in [0.1, 0.15) is 25.7 Å². The number of rotatable bonds is 5. The monoisotopic (exact) mass is 466 g/mol. The van der Waals surface area contributed by atoms with Crippen molar-refractivity contribution in [3.8, 4) is 23.0 Å². The van der Waals surface area contributed by atoms with E-state index in [1.54, 1.807) is 18.2 Å². The molecular weight excluding hydrogens is 446 g/mol. The molecule has 2 bridgehead atoms. The molecule has 0 aromatic carbocycles. The van der Waals surface area contributed by atoms with Crippen LogP contribution in [0.3, 0.4) is 0 Å². The largest absolute Gasteiger partial charge is 0.481 e. The smallest absolute Gasteiger partial charge is 0.308 e. The molecule has 4 aromatic heterocycles. The van der Waals surface area contributed by atoms with Crippen LogP contribution in [0.4, 0.5) is 14.6 Å². The minimum atomic E-state index is -1.23. The Labute approximate surface area is 191 Å². The molecule has 11 heteroatoms. The van der Waals surface area contributed by atoms with Crippen molar-refractivity contribution in [2.75, 3.05) is 5.32 Å². The second kappa shape index (κ2) is 7.86. The molecule has 2 atom stereocenters. The Morgan fingerprint density at radius 2 is 1.91 bits per heavy atom. The van der Waals surface area contributed by atoms with Crippen molar-refractivity contribution in [2.45, 2.75) is 31.7 Å². The van der Waals surface area contributed by atoms with E-state index in [1.807, 2.05) is 0 Å². The highest BCUT2D eigenvalue weighted by Crippen LogP contribution is 2.46. The Morgan fingerprint density at radius 1 is 1.12 bits per heavy atom. The SMILES string of the molecule is O=C(O)[C@H]1C2CCC(CC2)[C@@H]1Nc1cc(-c2ccco2)nc(-c2n[nH]c3nc(F)c(F)cc23)n1. The summed E-state index contributed by atoms with van der Waals surface area (Å²) in [5, 5.41) is 20.2. The van der Waals surface area contributed by atoms with Crippen LogP contribution in [0.2, 0.25) is 0 Å². The Bertz CT molecular complexity index is 1380. The van der Waals surface area contributed by atoms with Gasteiger partial charge in [0.2, 0.25) is 0 Å². The van der Waals surface area contributed by atoms with Gasteiger partial charge >= 0.3 is 5.97 Å². The van der Waals surface area contributed by atoms with Crippen molar-refractivity contribution in [3.05, 3.63) is 42.3 Å². The fraction of sp³-hybridized carbons (Fsp3) is 0.348. The number of carboxylic acids is 1. The Morgan fingerprint density at radius 3 is 2.65 bits per heavy atom. The van der Waals surface area contributed by atoms with Crippen LogP contribution >= 0.6 is 0 Å². The molecule has 0 radical (unpaired) electrons. The van der Waals surface area contributed by atoms with E-state index in [0.717, 1.165) is 31.7 Å². The maximum atomic E-state index is 13.9. The van der Waals surface area contributed by atoms with E-state index in [4.69, 9.17) is 4.42 Å². The number of hydrogen-bond acceptors (Lipinski definition) is 7. The van der Waals surface area contributed by atoms with E-state index < -0.39 is 23.7 Å². The summed E-state index contributed by atoms with van der Waals surface area (Å²) in [7, 11) is 0. The Balaban J connectivity index is 1.45. The fourth-order valence-corrected chi connectivity index (χ4v) is 5.43. The first-order chi connectivity index (χ1) is 16.5. The lowest BCUT2D eigenvalue weighted by atomic mass is 9.61. The van der Waals surface area contributed by atoms with Gasteiger partial charge in [0.05, 0.1) is 17.6 Å². The first kappa shape index (κ1) is 20.7. The number of aromatic nitrogens is 5. The maximum Gasteiger partial charge on any atom is 0.308 e. The zero-order chi connectivity index (χ0) is 23.4. The van der Waals surface area contributed by atoms with E-state index in [1.165, 1.54) is 6.26 Å². The first-order valence-corrected chi connectivity index (χ1v) is 11.1. The number of H-pyrrole nitrogens is 1. The predicted octanol–water partition coefficient (Wildman–Crippen LogP) is 4.25. The summed E-state index contributed by atoms with van der Waals surface area (Å²) in [5.74, 6) is -2.29. The van der Waals surface area contributed by atoms with Gasteiger partial charge in [0.15, 0.2) is 23.0 Å². The minimum Gasteiger partial charge on any atom is -0.481 e. The van der Waals surface area contributed by atoms with Gasteiger partial charge in [-0.3, -0.25) is 9.89 Å². The Kier molecular flexibility index (Phi) is 4.78. The quantitative estimate of drug-likeness (QED) is 0.372. The van der Waals surface area contributed by atoms with Crippen molar-refractivity contribution < 1.29 is 23.1 Å². The number of furan rings is 1. The molecule has 3 fully saturated rings. The minimum absolute atomic E-state index is 0.0611. The van der Waals surface area contributed by atoms with Crippen LogP contribution in [0.25, 0.3) is 34.0 Å². The molecule has 3 N–H and O–H groups in total. The molecule has 0 saturated heterocycles. The Hall–Kier alpha value is -3.89. The molecule has 3 aliphatic carbocycles. The van der Waals surface area contributed by atoms with Crippen LogP contribution in [0.5, 0.6) is 0 Å². The zero-order valence-electron chi connectivity index (χ0n) is 17.8. The number of carbonyl (C=O) groups is 1. The third-order valence-electron chi connectivity index (χ3n) is 6.99. The van der Waals surface area contributed by atoms with E-state index in [0.29, 0.717) is 17.3 Å². The third kappa shape index (κ3) is 3.39. The standard InChI is InChI=1S/C23H20F2N6O3/c24-13-8-12-19(30-31-21(12)29-20(13)25)22-26-14(15-2-1-7-34-15)9-16(28-22)27-18-11-5-3-10(4-6-11)17(18)23(32)33/h1-2,7-11,17-18H,3-6H2,(H,32,33)(H,26,27,28)(H,29,30,31)/t10?,11?,17-,18-/m0/s1. The number of halogens is 2. The topological polar surface area (TPSA) is 130 Å². The van der Waals surface area contributed by atoms with Crippen molar-refractivity contribution in [2.24, 2.45) is 17.8 Å². The van der Waals surface area contributed by atoms with Crippen molar-refractivity contribution in [3.63, 3.8) is 0 Å². The van der Waals surface area contributed by atoms with Crippen LogP contribution < -0.4 is 5.32 Å². The van der Waals surface area contributed by atoms with Gasteiger partial charge in [-0.15, -0.1) is 0 Å². The highest BCUT2D eigenvalue weighted by molar-refractivity contribution is 5.89. The molecule has 0 amide bonds. The number of nitrogens with zero attached hydrogens (tertiary/aromatic N) is 4. The van der Waals surface area contributed by atoms with Crippen LogP contribution in [-0.4, -0.2) is 42.3 Å². The molecule has 174 valence electrons. The van der Waals surface area contributed by atoms with Gasteiger partial charge in [-0.25, -0.2) is 14.4 Å². The lowest BCUT2D eigenvalue weighted by molar-refractivity contribution is -0.148. The highest BCUT2D eigenvalue weighted by Gasteiger charge is 2.47. The van der Waals surface area contributed by atoms with E-state index in [2.05, 4.69) is 30.5 Å². The van der Waals surface area contributed by atoms with Gasteiger partial charge in [-0.1, -0.05) is 0 Å². The van der Waals surface area contributed by atoms with Crippen LogP contribution in [0, 0.1) is 29.5 Å². The van der Waals surface area contributed by atoms with Gasteiger partial charge in [0.25, 0.3) is 5.95 Å². The summed E-state index contributed by atoms with van der Waals surface area (Å²) in [5.41, 5.74) is 0.695. The molecule has 4 aromatic rings. The average Bonchev–Trinajstić information content (AvgIpc) is 3.50. The molecule has 3 aliphatic rings. The highest BCUT2D eigenvalue weighted by atomic mass is 19.2. The zero-order valence-corrected chi connectivity index (χ0v) is 17.8. The van der Waals surface area contributed by atoms with Gasteiger partial charge in [-0.2, -0.15) is 14.5 Å². The van der Waals surface area contributed by atoms with Crippen molar-refractivity contribution in [1.29, 1.82) is 0 Å². The molecule has 4 heterocycles. The third-order valence-corrected chi connectivity index (χ3v) is 6.99.